The van der Waals surface area contributed by atoms with Crippen LogP contribution in [0.1, 0.15) is 46.7 Å². The molecule has 0 saturated heterocycles. The van der Waals surface area contributed by atoms with Gasteiger partial charge in [-0.05, 0) is 24.6 Å². The minimum absolute atomic E-state index is 0.0483. The lowest BCUT2D eigenvalue weighted by molar-refractivity contribution is -0.143. The Balaban J connectivity index is 2.52. The first-order valence-electron chi connectivity index (χ1n) is 8.21. The van der Waals surface area contributed by atoms with Gasteiger partial charge in [-0.3, -0.25) is 9.59 Å². The van der Waals surface area contributed by atoms with Crippen LogP contribution in [0.4, 0.5) is 0 Å². The first kappa shape index (κ1) is 20.2. The summed E-state index contributed by atoms with van der Waals surface area (Å²) in [6.07, 6.45) is -0.212. The Kier molecular flexibility index (Phi) is 6.73. The molecule has 8 heteroatoms. The van der Waals surface area contributed by atoms with Crippen LogP contribution < -0.4 is 5.43 Å². The largest absolute Gasteiger partial charge is 0.502 e. The Morgan fingerprint density at radius 3 is 2.44 bits per heavy atom. The lowest BCUT2D eigenvalue weighted by atomic mass is 9.91. The van der Waals surface area contributed by atoms with E-state index in [-0.39, 0.29) is 24.5 Å². The van der Waals surface area contributed by atoms with Crippen LogP contribution >= 0.6 is 0 Å². The maximum absolute atomic E-state index is 12.0. The predicted molar refractivity (Wildman–Crippen MR) is 93.4 cm³/mol. The molecule has 8 nitrogen and oxygen atoms in total. The molecule has 0 aliphatic carbocycles. The third kappa shape index (κ3) is 4.73. The summed E-state index contributed by atoms with van der Waals surface area (Å²) in [6, 6.07) is 7.07. The average Bonchev–Trinajstić information content (AvgIpc) is 2.68. The number of aliphatic hydroxyl groups excluding tert-OH is 1. The van der Waals surface area contributed by atoms with Gasteiger partial charge in [-0.1, -0.05) is 12.1 Å². The Morgan fingerprint density at radius 1 is 1.22 bits per heavy atom. The predicted octanol–water partition coefficient (Wildman–Crippen LogP) is 1.71. The highest BCUT2D eigenvalue weighted by atomic mass is 16.5. The van der Waals surface area contributed by atoms with Crippen molar-refractivity contribution in [1.29, 1.82) is 0 Å². The molecule has 0 fully saturated rings. The van der Waals surface area contributed by atoms with Gasteiger partial charge in [-0.15, -0.1) is 0 Å². The molecule has 0 saturated carbocycles. The maximum Gasteiger partial charge on any atom is 0.337 e. The fraction of sp³-hybridized carbons (Fsp3) is 0.316. The van der Waals surface area contributed by atoms with Gasteiger partial charge in [0.25, 0.3) is 0 Å². The van der Waals surface area contributed by atoms with E-state index in [1.165, 1.54) is 19.2 Å². The van der Waals surface area contributed by atoms with E-state index in [1.807, 2.05) is 0 Å². The van der Waals surface area contributed by atoms with Crippen LogP contribution in [0, 0.1) is 0 Å². The van der Waals surface area contributed by atoms with Crippen LogP contribution in [0.3, 0.4) is 0 Å². The van der Waals surface area contributed by atoms with Gasteiger partial charge < -0.3 is 24.1 Å². The Morgan fingerprint density at radius 2 is 1.89 bits per heavy atom. The van der Waals surface area contributed by atoms with Gasteiger partial charge >= 0.3 is 11.9 Å². The van der Waals surface area contributed by atoms with Crippen LogP contribution in [-0.2, 0) is 20.9 Å². The fourth-order valence-corrected chi connectivity index (χ4v) is 2.59. The minimum Gasteiger partial charge on any atom is -0.502 e. The molecule has 2 N–H and O–H groups in total. The monoisotopic (exact) mass is 376 g/mol. The van der Waals surface area contributed by atoms with Crippen molar-refractivity contribution < 1.29 is 33.7 Å². The lowest BCUT2D eigenvalue weighted by Crippen LogP contribution is -2.15. The summed E-state index contributed by atoms with van der Waals surface area (Å²) >= 11 is 0. The van der Waals surface area contributed by atoms with Crippen LogP contribution in [0.2, 0.25) is 0 Å². The molecule has 0 amide bonds. The summed E-state index contributed by atoms with van der Waals surface area (Å²) < 4.78 is 15.0. The Bertz CT molecular complexity index is 866. The second-order valence-corrected chi connectivity index (χ2v) is 5.62. The number of methoxy groups -OCH3 is 1. The number of carbonyl (C=O) groups is 2. The number of aromatic hydroxyl groups is 1. The fourth-order valence-electron chi connectivity index (χ4n) is 2.59. The van der Waals surface area contributed by atoms with Crippen LogP contribution in [0.5, 0.6) is 5.75 Å². The second kappa shape index (κ2) is 9.00. The van der Waals surface area contributed by atoms with Crippen molar-refractivity contribution in [3.05, 3.63) is 63.2 Å². The molecule has 1 aromatic heterocycles. The maximum atomic E-state index is 12.0. The van der Waals surface area contributed by atoms with Gasteiger partial charge in [0.15, 0.2) is 5.76 Å². The number of benzene rings is 1. The van der Waals surface area contributed by atoms with E-state index in [0.717, 1.165) is 6.07 Å². The topological polar surface area (TPSA) is 123 Å². The Labute approximate surface area is 155 Å². The van der Waals surface area contributed by atoms with E-state index in [4.69, 9.17) is 9.15 Å². The molecule has 0 radical (unpaired) electrons. The van der Waals surface area contributed by atoms with Crippen LogP contribution in [-0.4, -0.2) is 35.9 Å². The zero-order valence-corrected chi connectivity index (χ0v) is 14.9. The molecule has 0 aliphatic rings. The minimum atomic E-state index is -0.852. The van der Waals surface area contributed by atoms with Gasteiger partial charge in [0.2, 0.25) is 11.2 Å². The third-order valence-electron chi connectivity index (χ3n) is 3.88. The van der Waals surface area contributed by atoms with E-state index in [0.29, 0.717) is 11.1 Å². The molecule has 2 aromatic rings. The number of hydrogen-bond acceptors (Lipinski definition) is 8. The average molecular weight is 376 g/mol. The highest BCUT2D eigenvalue weighted by Gasteiger charge is 2.27. The van der Waals surface area contributed by atoms with Crippen molar-refractivity contribution in [2.24, 2.45) is 0 Å². The summed E-state index contributed by atoms with van der Waals surface area (Å²) in [5.74, 6) is -2.80. The zero-order valence-electron chi connectivity index (χ0n) is 14.9. The number of carbonyl (C=O) groups excluding carboxylic acids is 2. The highest BCUT2D eigenvalue weighted by molar-refractivity contribution is 5.89. The van der Waals surface area contributed by atoms with Crippen LogP contribution in [0.15, 0.2) is 39.5 Å². The summed E-state index contributed by atoms with van der Waals surface area (Å²) in [4.78, 5) is 35.6. The molecule has 1 atom stereocenters. The normalized spacial score (nSPS) is 11.7. The number of aliphatic hydroxyl groups is 1. The van der Waals surface area contributed by atoms with E-state index < -0.39 is 35.6 Å². The van der Waals surface area contributed by atoms with Crippen molar-refractivity contribution in [2.45, 2.75) is 25.9 Å². The van der Waals surface area contributed by atoms with E-state index in [9.17, 15) is 24.6 Å². The van der Waals surface area contributed by atoms with Crippen molar-refractivity contribution >= 4 is 11.9 Å². The number of ether oxygens (including phenoxy) is 2. The molecule has 2 rings (SSSR count). The molecule has 0 aliphatic heterocycles. The van der Waals surface area contributed by atoms with Crippen LogP contribution in [0.25, 0.3) is 0 Å². The molecule has 0 spiro atoms. The van der Waals surface area contributed by atoms with Gasteiger partial charge in [0.05, 0.1) is 31.6 Å². The van der Waals surface area contributed by atoms with Gasteiger partial charge in [0, 0.05) is 6.07 Å². The molecule has 1 heterocycles. The van der Waals surface area contributed by atoms with Gasteiger partial charge in [-0.25, -0.2) is 4.79 Å². The van der Waals surface area contributed by atoms with Crippen molar-refractivity contribution in [2.75, 3.05) is 13.7 Å². The third-order valence-corrected chi connectivity index (χ3v) is 3.88. The summed E-state index contributed by atoms with van der Waals surface area (Å²) in [6.45, 7) is 1.28. The second-order valence-electron chi connectivity index (χ2n) is 5.62. The van der Waals surface area contributed by atoms with E-state index in [1.54, 1.807) is 19.1 Å². The van der Waals surface area contributed by atoms with E-state index >= 15 is 0 Å². The summed E-state index contributed by atoms with van der Waals surface area (Å²) in [7, 11) is 1.26. The molecule has 0 unspecified atom stereocenters. The molecular weight excluding hydrogens is 356 g/mol. The first-order valence-corrected chi connectivity index (χ1v) is 8.21. The molecule has 0 bridgehead atoms. The number of hydrogen-bond donors (Lipinski definition) is 2. The van der Waals surface area contributed by atoms with Crippen molar-refractivity contribution in [3.63, 3.8) is 0 Å². The number of rotatable bonds is 7. The summed E-state index contributed by atoms with van der Waals surface area (Å²) in [5, 5.41) is 19.4. The zero-order chi connectivity index (χ0) is 20.0. The Hall–Kier alpha value is -3.13. The number of esters is 2. The summed E-state index contributed by atoms with van der Waals surface area (Å²) in [5.41, 5.74) is 0.0653. The van der Waals surface area contributed by atoms with Crippen molar-refractivity contribution in [1.82, 2.24) is 0 Å². The molecular formula is C19H20O8. The molecule has 27 heavy (non-hydrogen) atoms. The van der Waals surface area contributed by atoms with Crippen molar-refractivity contribution in [3.8, 4) is 5.75 Å². The van der Waals surface area contributed by atoms with Gasteiger partial charge in [-0.2, -0.15) is 0 Å². The van der Waals surface area contributed by atoms with E-state index in [2.05, 4.69) is 4.74 Å². The first-order chi connectivity index (χ1) is 12.9. The molecule has 144 valence electrons. The highest BCUT2D eigenvalue weighted by Crippen LogP contribution is 2.33. The molecule has 1 aromatic carbocycles. The SMILES string of the molecule is CCOC(=O)C[C@@H](c1ccc(C(=O)OC)cc1)c1oc(CO)cc(=O)c1O. The smallest absolute Gasteiger partial charge is 0.337 e. The van der Waals surface area contributed by atoms with Gasteiger partial charge in [0.1, 0.15) is 12.4 Å². The lowest BCUT2D eigenvalue weighted by Gasteiger charge is -2.17. The quantitative estimate of drug-likeness (QED) is 0.700. The standard InChI is InChI=1S/C19H20O8/c1-3-26-16(22)9-14(11-4-6-12(7-5-11)19(24)25-2)18-17(23)15(21)8-13(10-20)27-18/h4-8,14,20,23H,3,9-10H2,1-2H3/t14-/m0/s1.